The van der Waals surface area contributed by atoms with E-state index in [0.717, 1.165) is 0 Å². The van der Waals surface area contributed by atoms with E-state index in [4.69, 9.17) is 23.7 Å². The summed E-state index contributed by atoms with van der Waals surface area (Å²) in [7, 11) is 1.38. The molecule has 2 heterocycles. The van der Waals surface area contributed by atoms with Crippen molar-refractivity contribution in [1.29, 1.82) is 0 Å². The van der Waals surface area contributed by atoms with Crippen LogP contribution in [0.5, 0.6) is 11.5 Å². The first-order valence-corrected chi connectivity index (χ1v) is 12.6. The van der Waals surface area contributed by atoms with Crippen LogP contribution in [0.1, 0.15) is 37.6 Å². The number of allylic oxidation sites excluding steroid dienone is 1. The molecule has 3 rings (SSSR count). The predicted octanol–water partition coefficient (Wildman–Crippen LogP) is 4.73. The first-order valence-electron chi connectivity index (χ1n) is 12.6. The summed E-state index contributed by atoms with van der Waals surface area (Å²) in [4.78, 5) is 19.6. The Labute approximate surface area is 226 Å². The van der Waals surface area contributed by atoms with Gasteiger partial charge < -0.3 is 28.6 Å². The summed E-state index contributed by atoms with van der Waals surface area (Å²) in [5.41, 5.74) is -0.100. The number of ether oxygens (including phenoxy) is 6. The van der Waals surface area contributed by atoms with Crippen LogP contribution in [0.4, 0.5) is 13.2 Å². The second kappa shape index (κ2) is 13.3. The molecule has 0 aliphatic carbocycles. The van der Waals surface area contributed by atoms with Gasteiger partial charge in [-0.25, -0.2) is 4.99 Å². The first-order chi connectivity index (χ1) is 18.5. The number of piperidine rings is 1. The molecule has 2 saturated heterocycles. The normalized spacial score (nSPS) is 21.8. The molecule has 0 radical (unpaired) electrons. The fourth-order valence-electron chi connectivity index (χ4n) is 4.22. The molecule has 0 bridgehead atoms. The zero-order valence-electron chi connectivity index (χ0n) is 22.6. The minimum atomic E-state index is -4.74. The largest absolute Gasteiger partial charge is 0.522 e. The molecule has 2 aliphatic rings. The number of carbonyl (C=O) groups is 1. The fraction of sp³-hybridized carbons (Fsp3) is 0.556. The number of carbonyl (C=O) groups excluding carboxylic acids is 1. The maximum Gasteiger partial charge on any atom is 0.522 e. The highest BCUT2D eigenvalue weighted by Gasteiger charge is 2.52. The molecule has 1 aromatic carbocycles. The average molecular weight is 557 g/mol. The molecule has 0 spiro atoms. The van der Waals surface area contributed by atoms with Crippen molar-refractivity contribution >= 4 is 11.8 Å². The molecule has 0 aromatic heterocycles. The summed E-state index contributed by atoms with van der Waals surface area (Å²) in [6.45, 7) is 10.2. The van der Waals surface area contributed by atoms with E-state index in [1.54, 1.807) is 11.0 Å². The number of benzene rings is 1. The third-order valence-electron chi connectivity index (χ3n) is 6.16. The fourth-order valence-corrected chi connectivity index (χ4v) is 4.22. The smallest absolute Gasteiger partial charge is 0.493 e. The maximum absolute atomic E-state index is 13.3. The van der Waals surface area contributed by atoms with Crippen LogP contribution in [0.3, 0.4) is 0 Å². The third-order valence-corrected chi connectivity index (χ3v) is 6.16. The van der Waals surface area contributed by atoms with E-state index in [1.807, 2.05) is 26.8 Å². The summed E-state index contributed by atoms with van der Waals surface area (Å²) in [5.74, 6) is 0.879. The van der Waals surface area contributed by atoms with Gasteiger partial charge in [0, 0.05) is 18.5 Å². The molecule has 2 fully saturated rings. The zero-order valence-corrected chi connectivity index (χ0v) is 22.6. The maximum atomic E-state index is 13.3. The molecular formula is C27H35F3N2O7. The number of rotatable bonds is 11. The molecule has 1 unspecified atom stereocenters. The number of hydrogen-bond donors (Lipinski definition) is 0. The van der Waals surface area contributed by atoms with Gasteiger partial charge >= 0.3 is 6.36 Å². The monoisotopic (exact) mass is 556 g/mol. The predicted molar refractivity (Wildman–Crippen MR) is 137 cm³/mol. The lowest BCUT2D eigenvalue weighted by Crippen LogP contribution is -2.56. The van der Waals surface area contributed by atoms with E-state index >= 15 is 0 Å². The van der Waals surface area contributed by atoms with Gasteiger partial charge in [-0.15, -0.1) is 13.2 Å². The van der Waals surface area contributed by atoms with Crippen LogP contribution < -0.4 is 9.47 Å². The van der Waals surface area contributed by atoms with Gasteiger partial charge in [0.1, 0.15) is 25.1 Å². The van der Waals surface area contributed by atoms with Gasteiger partial charge in [0.2, 0.25) is 5.90 Å². The topological polar surface area (TPSA) is 88.1 Å². The highest BCUT2D eigenvalue weighted by atomic mass is 19.4. The number of fused-ring (bicyclic) bond motifs is 1. The standard InChI is InChI=1S/C27H35F3N2O7/c1-6-7-24(36-16-18(2)3)31-19(4)26-10-11-32(15-23(26)37-17-39-26)25(33)20-8-9-21(22(14-20)34-5)35-12-13-38-27(28,29)30/h6-9,14,18,23H,4,10-13,15-17H2,1-3,5H3/b7-6-,31-24+/t23?,26-/m1/s1. The van der Waals surface area contributed by atoms with E-state index in [-0.39, 0.29) is 37.4 Å². The van der Waals surface area contributed by atoms with E-state index in [9.17, 15) is 18.0 Å². The Kier molecular flexibility index (Phi) is 10.4. The number of alkyl halides is 3. The van der Waals surface area contributed by atoms with Crippen molar-refractivity contribution in [3.63, 3.8) is 0 Å². The Morgan fingerprint density at radius 2 is 2.08 bits per heavy atom. The van der Waals surface area contributed by atoms with Crippen LogP contribution in [0.15, 0.2) is 47.6 Å². The second-order valence-corrected chi connectivity index (χ2v) is 9.42. The van der Waals surface area contributed by atoms with Crippen molar-refractivity contribution in [2.24, 2.45) is 10.9 Å². The summed E-state index contributed by atoms with van der Waals surface area (Å²) >= 11 is 0. The number of methoxy groups -OCH3 is 1. The molecule has 9 nitrogen and oxygen atoms in total. The summed E-state index contributed by atoms with van der Waals surface area (Å²) in [5, 5.41) is 0. The van der Waals surface area contributed by atoms with Crippen LogP contribution in [0.2, 0.25) is 0 Å². The van der Waals surface area contributed by atoms with E-state index in [1.165, 1.54) is 25.3 Å². The van der Waals surface area contributed by atoms with E-state index in [2.05, 4.69) is 16.3 Å². The zero-order chi connectivity index (χ0) is 28.6. The van der Waals surface area contributed by atoms with Crippen molar-refractivity contribution < 1.29 is 46.4 Å². The van der Waals surface area contributed by atoms with Crippen LogP contribution in [0.25, 0.3) is 0 Å². The lowest BCUT2D eigenvalue weighted by molar-refractivity contribution is -0.325. The van der Waals surface area contributed by atoms with Crippen molar-refractivity contribution in [3.8, 4) is 11.5 Å². The molecule has 2 atom stereocenters. The van der Waals surface area contributed by atoms with Crippen molar-refractivity contribution in [2.75, 3.05) is 46.8 Å². The Morgan fingerprint density at radius 1 is 1.31 bits per heavy atom. The van der Waals surface area contributed by atoms with Gasteiger partial charge in [0.05, 0.1) is 32.6 Å². The minimum absolute atomic E-state index is 0.0466. The second-order valence-electron chi connectivity index (χ2n) is 9.42. The number of amides is 1. The number of halogens is 3. The number of hydrogen-bond acceptors (Lipinski definition) is 8. The Hall–Kier alpha value is -3.09. The minimum Gasteiger partial charge on any atom is -0.493 e. The molecular weight excluding hydrogens is 521 g/mol. The lowest BCUT2D eigenvalue weighted by Gasteiger charge is -2.41. The summed E-state index contributed by atoms with van der Waals surface area (Å²) in [6, 6.07) is 4.48. The molecule has 2 aliphatic heterocycles. The van der Waals surface area contributed by atoms with Gasteiger partial charge in [-0.2, -0.15) is 0 Å². The van der Waals surface area contributed by atoms with Crippen molar-refractivity contribution in [1.82, 2.24) is 4.90 Å². The number of nitrogens with zero attached hydrogens (tertiary/aromatic N) is 2. The molecule has 1 aromatic rings. The van der Waals surface area contributed by atoms with Crippen LogP contribution in [-0.4, -0.2) is 81.6 Å². The Morgan fingerprint density at radius 3 is 2.74 bits per heavy atom. The van der Waals surface area contributed by atoms with Gasteiger partial charge in [-0.3, -0.25) is 9.53 Å². The SMILES string of the molecule is C=C(/N=C(\C=C/C)OCC(C)C)[C@]12CCN(C(=O)c3ccc(OCCOC(F)(F)F)c(OC)c3)CC1OCO2. The van der Waals surface area contributed by atoms with Gasteiger partial charge in [0.15, 0.2) is 11.5 Å². The van der Waals surface area contributed by atoms with Crippen LogP contribution in [-0.2, 0) is 18.9 Å². The molecule has 39 heavy (non-hydrogen) atoms. The van der Waals surface area contributed by atoms with Crippen LogP contribution in [0, 0.1) is 5.92 Å². The summed E-state index contributed by atoms with van der Waals surface area (Å²) in [6.07, 6.45) is -1.22. The average Bonchev–Trinajstić information content (AvgIpc) is 3.33. The molecule has 12 heteroatoms. The van der Waals surface area contributed by atoms with E-state index in [0.29, 0.717) is 42.6 Å². The highest BCUT2D eigenvalue weighted by Crippen LogP contribution is 2.40. The number of aliphatic imine (C=N–C) groups is 1. The first kappa shape index (κ1) is 30.5. The molecule has 0 saturated carbocycles. The van der Waals surface area contributed by atoms with Crippen LogP contribution >= 0.6 is 0 Å². The number of likely N-dealkylation sites (tertiary alicyclic amines) is 1. The van der Waals surface area contributed by atoms with Crippen molar-refractivity contribution in [3.05, 3.63) is 48.2 Å². The highest BCUT2D eigenvalue weighted by molar-refractivity contribution is 5.95. The van der Waals surface area contributed by atoms with E-state index < -0.39 is 24.7 Å². The van der Waals surface area contributed by atoms with Gasteiger partial charge in [0.25, 0.3) is 5.91 Å². The third kappa shape index (κ3) is 7.96. The molecule has 216 valence electrons. The van der Waals surface area contributed by atoms with Gasteiger partial charge in [-0.1, -0.05) is 26.5 Å². The van der Waals surface area contributed by atoms with Crippen molar-refractivity contribution in [2.45, 2.75) is 45.3 Å². The lowest BCUT2D eigenvalue weighted by atomic mass is 9.85. The molecule has 0 N–H and O–H groups in total. The Bertz CT molecular complexity index is 1070. The summed E-state index contributed by atoms with van der Waals surface area (Å²) < 4.78 is 68.4. The quantitative estimate of drug-likeness (QED) is 0.221. The molecule has 1 amide bonds. The van der Waals surface area contributed by atoms with Gasteiger partial charge in [-0.05, 0) is 37.1 Å². The Balaban J connectivity index is 1.68.